The summed E-state index contributed by atoms with van der Waals surface area (Å²) in [6, 6.07) is 7.14. The van der Waals surface area contributed by atoms with Gasteiger partial charge in [0.15, 0.2) is 0 Å². The van der Waals surface area contributed by atoms with Gasteiger partial charge in [-0.05, 0) is 42.0 Å². The highest BCUT2D eigenvalue weighted by Crippen LogP contribution is 2.28. The van der Waals surface area contributed by atoms with E-state index in [9.17, 15) is 17.6 Å². The van der Waals surface area contributed by atoms with Crippen LogP contribution in [-0.4, -0.2) is 31.8 Å². The van der Waals surface area contributed by atoms with Gasteiger partial charge in [0.25, 0.3) is 0 Å². The van der Waals surface area contributed by atoms with Crippen LogP contribution in [0.5, 0.6) is 0 Å². The number of benzene rings is 1. The second-order valence-corrected chi connectivity index (χ2v) is 8.25. The lowest BCUT2D eigenvalue weighted by molar-refractivity contribution is 0.0474. The van der Waals surface area contributed by atoms with Crippen LogP contribution in [0.25, 0.3) is 0 Å². The SMILES string of the molecule is O=C(OCc1cccc(F)c1)c1sccc1S(=O)(=O)N1CCCC1. The van der Waals surface area contributed by atoms with Crippen molar-refractivity contribution in [3.63, 3.8) is 0 Å². The largest absolute Gasteiger partial charge is 0.457 e. The van der Waals surface area contributed by atoms with Gasteiger partial charge in [-0.3, -0.25) is 0 Å². The van der Waals surface area contributed by atoms with E-state index in [1.165, 1.54) is 28.6 Å². The molecule has 5 nitrogen and oxygen atoms in total. The number of hydrogen-bond acceptors (Lipinski definition) is 5. The number of ether oxygens (including phenoxy) is 1. The average molecular weight is 369 g/mol. The normalized spacial score (nSPS) is 15.5. The van der Waals surface area contributed by atoms with E-state index in [0.29, 0.717) is 18.7 Å². The minimum Gasteiger partial charge on any atom is -0.457 e. The maximum absolute atomic E-state index is 13.1. The molecule has 1 fully saturated rings. The lowest BCUT2D eigenvalue weighted by atomic mass is 10.2. The van der Waals surface area contributed by atoms with Crippen molar-refractivity contribution in [1.82, 2.24) is 4.31 Å². The molecule has 3 rings (SSSR count). The Labute approximate surface area is 143 Å². The molecule has 0 atom stereocenters. The molecule has 0 N–H and O–H groups in total. The summed E-state index contributed by atoms with van der Waals surface area (Å²) >= 11 is 1.03. The predicted octanol–water partition coefficient (Wildman–Crippen LogP) is 3.03. The number of carbonyl (C=O) groups excluding carboxylic acids is 1. The van der Waals surface area contributed by atoms with E-state index in [-0.39, 0.29) is 16.4 Å². The number of thiophene rings is 1. The standard InChI is InChI=1S/C16H16FNO4S2/c17-13-5-3-4-12(10-13)11-22-16(19)15-14(6-9-23-15)24(20,21)18-7-1-2-8-18/h3-6,9-10H,1-2,7-8,11H2. The molecule has 0 radical (unpaired) electrons. The van der Waals surface area contributed by atoms with E-state index in [2.05, 4.69) is 0 Å². The molecule has 0 unspecified atom stereocenters. The molecular weight excluding hydrogens is 353 g/mol. The van der Waals surface area contributed by atoms with Gasteiger partial charge in [0.05, 0.1) is 0 Å². The Balaban J connectivity index is 1.76. The Morgan fingerprint density at radius 2 is 2.00 bits per heavy atom. The fourth-order valence-electron chi connectivity index (χ4n) is 2.56. The number of nitrogens with zero attached hydrogens (tertiary/aromatic N) is 1. The number of sulfonamides is 1. The molecule has 1 aromatic carbocycles. The molecule has 0 saturated carbocycles. The van der Waals surface area contributed by atoms with E-state index >= 15 is 0 Å². The maximum Gasteiger partial charge on any atom is 0.350 e. The van der Waals surface area contributed by atoms with Crippen molar-refractivity contribution in [3.8, 4) is 0 Å². The molecule has 24 heavy (non-hydrogen) atoms. The van der Waals surface area contributed by atoms with E-state index in [4.69, 9.17) is 4.74 Å². The lowest BCUT2D eigenvalue weighted by Crippen LogP contribution is -2.28. The molecule has 1 aromatic heterocycles. The monoisotopic (exact) mass is 369 g/mol. The number of halogens is 1. The Hall–Kier alpha value is -1.77. The van der Waals surface area contributed by atoms with Gasteiger partial charge in [-0.25, -0.2) is 17.6 Å². The van der Waals surface area contributed by atoms with Gasteiger partial charge in [0, 0.05) is 13.1 Å². The average Bonchev–Trinajstić information content (AvgIpc) is 3.24. The minimum atomic E-state index is -3.68. The molecule has 0 bridgehead atoms. The number of esters is 1. The zero-order valence-electron chi connectivity index (χ0n) is 12.8. The zero-order valence-corrected chi connectivity index (χ0v) is 14.4. The second-order valence-electron chi connectivity index (χ2n) is 5.43. The van der Waals surface area contributed by atoms with Crippen LogP contribution in [0.2, 0.25) is 0 Å². The summed E-state index contributed by atoms with van der Waals surface area (Å²) in [6.07, 6.45) is 1.64. The molecule has 2 heterocycles. The van der Waals surface area contributed by atoms with Gasteiger partial charge in [-0.2, -0.15) is 4.31 Å². The van der Waals surface area contributed by atoms with E-state index in [0.717, 1.165) is 24.2 Å². The third-order valence-electron chi connectivity index (χ3n) is 3.76. The number of carbonyl (C=O) groups is 1. The summed E-state index contributed by atoms with van der Waals surface area (Å²) in [5.74, 6) is -1.14. The van der Waals surface area contributed by atoms with Crippen LogP contribution in [0.1, 0.15) is 28.1 Å². The van der Waals surface area contributed by atoms with Crippen molar-refractivity contribution in [2.75, 3.05) is 13.1 Å². The molecule has 0 amide bonds. The molecule has 1 aliphatic heterocycles. The summed E-state index contributed by atoms with van der Waals surface area (Å²) in [6.45, 7) is 0.823. The third-order valence-corrected chi connectivity index (χ3v) is 6.72. The Morgan fingerprint density at radius 1 is 1.25 bits per heavy atom. The van der Waals surface area contributed by atoms with Crippen molar-refractivity contribution < 1.29 is 22.3 Å². The zero-order chi connectivity index (χ0) is 17.2. The summed E-state index contributed by atoms with van der Waals surface area (Å²) in [7, 11) is -3.68. The van der Waals surface area contributed by atoms with E-state index < -0.39 is 21.8 Å². The summed E-state index contributed by atoms with van der Waals surface area (Å²) < 4.78 is 44.9. The van der Waals surface area contributed by atoms with Crippen LogP contribution in [0.15, 0.2) is 40.6 Å². The van der Waals surface area contributed by atoms with Crippen molar-refractivity contribution in [2.45, 2.75) is 24.3 Å². The quantitative estimate of drug-likeness (QED) is 0.760. The summed E-state index contributed by atoms with van der Waals surface area (Å²) in [5.41, 5.74) is 0.504. The first-order chi connectivity index (χ1) is 11.5. The lowest BCUT2D eigenvalue weighted by Gasteiger charge is -2.15. The molecule has 1 aliphatic rings. The second kappa shape index (κ2) is 7.00. The first-order valence-corrected chi connectivity index (χ1v) is 9.79. The fraction of sp³-hybridized carbons (Fsp3) is 0.312. The molecule has 128 valence electrons. The van der Waals surface area contributed by atoms with Gasteiger partial charge < -0.3 is 4.74 Å². The van der Waals surface area contributed by atoms with Crippen LogP contribution in [0.3, 0.4) is 0 Å². The summed E-state index contributed by atoms with van der Waals surface area (Å²) in [5, 5.41) is 1.56. The molecule has 0 aliphatic carbocycles. The van der Waals surface area contributed by atoms with Crippen LogP contribution in [0.4, 0.5) is 4.39 Å². The smallest absolute Gasteiger partial charge is 0.350 e. The summed E-state index contributed by atoms with van der Waals surface area (Å²) in [4.78, 5) is 12.3. The Morgan fingerprint density at radius 3 is 2.71 bits per heavy atom. The van der Waals surface area contributed by atoms with Gasteiger partial charge >= 0.3 is 5.97 Å². The molecule has 8 heteroatoms. The topological polar surface area (TPSA) is 63.7 Å². The highest BCUT2D eigenvalue weighted by Gasteiger charge is 2.32. The first-order valence-electron chi connectivity index (χ1n) is 7.48. The van der Waals surface area contributed by atoms with Gasteiger partial charge in [-0.1, -0.05) is 12.1 Å². The fourth-order valence-corrected chi connectivity index (χ4v) is 5.36. The van der Waals surface area contributed by atoms with Crippen molar-refractivity contribution >= 4 is 27.3 Å². The van der Waals surface area contributed by atoms with Gasteiger partial charge in [-0.15, -0.1) is 11.3 Å². The molecule has 2 aromatic rings. The van der Waals surface area contributed by atoms with Crippen LogP contribution in [0, 0.1) is 5.82 Å². The van der Waals surface area contributed by atoms with E-state index in [1.54, 1.807) is 11.4 Å². The highest BCUT2D eigenvalue weighted by atomic mass is 32.2. The van der Waals surface area contributed by atoms with Crippen LogP contribution in [-0.2, 0) is 21.4 Å². The van der Waals surface area contributed by atoms with Gasteiger partial charge in [0.1, 0.15) is 22.2 Å². The number of hydrogen-bond donors (Lipinski definition) is 0. The Bertz CT molecular complexity index is 841. The van der Waals surface area contributed by atoms with Crippen molar-refractivity contribution in [1.29, 1.82) is 0 Å². The number of rotatable bonds is 5. The van der Waals surface area contributed by atoms with Crippen molar-refractivity contribution in [2.24, 2.45) is 0 Å². The maximum atomic E-state index is 13.1. The predicted molar refractivity (Wildman–Crippen MR) is 87.8 cm³/mol. The Kier molecular flexibility index (Phi) is 4.98. The third kappa shape index (κ3) is 3.50. The molecular formula is C16H16FNO4S2. The molecule has 0 spiro atoms. The minimum absolute atomic E-state index is 0.0151. The molecule has 1 saturated heterocycles. The van der Waals surface area contributed by atoms with Crippen LogP contribution >= 0.6 is 11.3 Å². The first kappa shape index (κ1) is 17.1. The van der Waals surface area contributed by atoms with Crippen molar-refractivity contribution in [3.05, 3.63) is 52.0 Å². The van der Waals surface area contributed by atoms with Crippen LogP contribution < -0.4 is 0 Å². The van der Waals surface area contributed by atoms with Gasteiger partial charge in [0.2, 0.25) is 10.0 Å². The highest BCUT2D eigenvalue weighted by molar-refractivity contribution is 7.89. The van der Waals surface area contributed by atoms with E-state index in [1.807, 2.05) is 0 Å².